The third kappa shape index (κ3) is 4.29. The van der Waals surface area contributed by atoms with Gasteiger partial charge in [0.15, 0.2) is 0 Å². The summed E-state index contributed by atoms with van der Waals surface area (Å²) in [6, 6.07) is -0.676. The Morgan fingerprint density at radius 2 is 1.95 bits per heavy atom. The smallest absolute Gasteiger partial charge is 0.324 e. The summed E-state index contributed by atoms with van der Waals surface area (Å²) in [6.07, 6.45) is -0.115. The molecule has 0 aromatic heterocycles. The summed E-state index contributed by atoms with van der Waals surface area (Å²) in [6.45, 7) is 2.37. The minimum absolute atomic E-state index is 0.0753. The number of ether oxygens (including phenoxy) is 3. The maximum Gasteiger partial charge on any atom is 0.324 e. The Morgan fingerprint density at radius 3 is 2.47 bits per heavy atom. The van der Waals surface area contributed by atoms with Crippen molar-refractivity contribution in [2.45, 2.75) is 25.4 Å². The van der Waals surface area contributed by atoms with Gasteiger partial charge in [-0.25, -0.2) is 4.79 Å². The summed E-state index contributed by atoms with van der Waals surface area (Å²) in [7, 11) is 2.96. The summed E-state index contributed by atoms with van der Waals surface area (Å²) < 4.78 is 14.7. The van der Waals surface area contributed by atoms with Gasteiger partial charge in [0.2, 0.25) is 0 Å². The van der Waals surface area contributed by atoms with Crippen LogP contribution >= 0.6 is 0 Å². The lowest BCUT2D eigenvalue weighted by atomic mass is 10.1. The van der Waals surface area contributed by atoms with Gasteiger partial charge >= 0.3 is 6.03 Å². The molecule has 1 fully saturated rings. The van der Waals surface area contributed by atoms with Crippen LogP contribution in [0.2, 0.25) is 0 Å². The fraction of sp³-hybridized carbons (Fsp3) is 0.909. The van der Waals surface area contributed by atoms with E-state index in [2.05, 4.69) is 0 Å². The van der Waals surface area contributed by atoms with Crippen molar-refractivity contribution >= 4 is 6.03 Å². The van der Waals surface area contributed by atoms with Gasteiger partial charge in [0.05, 0.1) is 12.5 Å². The Morgan fingerprint density at radius 1 is 1.32 bits per heavy atom. The summed E-state index contributed by atoms with van der Waals surface area (Å²) in [4.78, 5) is 14.9. The summed E-state index contributed by atoms with van der Waals surface area (Å²) >= 11 is 0. The van der Waals surface area contributed by atoms with Crippen molar-refractivity contribution in [2.24, 2.45) is 0 Å². The largest absolute Gasteiger partial charge is 0.364 e. The van der Waals surface area contributed by atoms with Crippen molar-refractivity contribution in [3.05, 3.63) is 0 Å². The van der Waals surface area contributed by atoms with Crippen molar-refractivity contribution in [1.29, 1.82) is 0 Å². The first kappa shape index (κ1) is 16.1. The number of amides is 2. The highest BCUT2D eigenvalue weighted by molar-refractivity contribution is 5.76. The molecular weight excluding hydrogens is 256 g/mol. The molecule has 1 saturated heterocycles. The second-order valence-corrected chi connectivity index (χ2v) is 4.34. The van der Waals surface area contributed by atoms with Crippen molar-refractivity contribution in [1.82, 2.24) is 9.80 Å². The first-order valence-corrected chi connectivity index (χ1v) is 6.07. The number of hydrogen-bond donors (Lipinski definition) is 2. The van der Waals surface area contributed by atoms with E-state index >= 15 is 0 Å². The van der Waals surface area contributed by atoms with Crippen molar-refractivity contribution in [2.75, 3.05) is 40.8 Å². The van der Waals surface area contributed by atoms with E-state index in [1.807, 2.05) is 0 Å². The summed E-state index contributed by atoms with van der Waals surface area (Å²) in [5, 5.41) is 19.3. The predicted molar refractivity (Wildman–Crippen MR) is 64.9 cm³/mol. The molecule has 0 aromatic rings. The van der Waals surface area contributed by atoms with Gasteiger partial charge < -0.3 is 24.4 Å². The molecular formula is C11H22N2O6. The predicted octanol–water partition coefficient (Wildman–Crippen LogP) is -0.635. The molecule has 0 spiro atoms. The maximum absolute atomic E-state index is 12.0. The standard InChI is InChI=1S/C11H22N2O6/c1-4-19-11(15,16)5-9-6-12(7-17-2)10(14)13(9)8-18-3/h9,15-16H,4-8H2,1-3H3. The molecule has 2 amide bonds. The third-order valence-electron chi connectivity index (χ3n) is 2.82. The first-order chi connectivity index (χ1) is 8.95. The van der Waals surface area contributed by atoms with Gasteiger partial charge in [0.1, 0.15) is 13.5 Å². The number of methoxy groups -OCH3 is 2. The van der Waals surface area contributed by atoms with Crippen LogP contribution in [0.3, 0.4) is 0 Å². The molecule has 8 nitrogen and oxygen atoms in total. The van der Waals surface area contributed by atoms with Gasteiger partial charge in [-0.1, -0.05) is 0 Å². The Labute approximate surface area is 112 Å². The Hall–Kier alpha value is -0.930. The van der Waals surface area contributed by atoms with Crippen molar-refractivity contribution in [3.8, 4) is 0 Å². The molecule has 19 heavy (non-hydrogen) atoms. The fourth-order valence-electron chi connectivity index (χ4n) is 2.10. The van der Waals surface area contributed by atoms with Crippen LogP contribution < -0.4 is 0 Å². The zero-order valence-electron chi connectivity index (χ0n) is 11.5. The molecule has 1 aliphatic rings. The molecule has 0 aliphatic carbocycles. The summed E-state index contributed by atoms with van der Waals surface area (Å²) in [5.74, 6) is -2.26. The highest BCUT2D eigenvalue weighted by atomic mass is 16.8. The number of urea groups is 1. The van der Waals surface area contributed by atoms with Crippen molar-refractivity contribution in [3.63, 3.8) is 0 Å². The van der Waals surface area contributed by atoms with E-state index in [1.165, 1.54) is 24.0 Å². The summed E-state index contributed by atoms with van der Waals surface area (Å²) in [5.41, 5.74) is 0. The number of carbonyl (C=O) groups is 1. The molecule has 1 rings (SSSR count). The fourth-order valence-corrected chi connectivity index (χ4v) is 2.10. The lowest BCUT2D eigenvalue weighted by Gasteiger charge is -2.28. The molecule has 0 radical (unpaired) electrons. The van der Waals surface area contributed by atoms with Crippen LogP contribution in [0.5, 0.6) is 0 Å². The van der Waals surface area contributed by atoms with Crippen LogP contribution in [-0.4, -0.2) is 78.9 Å². The molecule has 2 N–H and O–H groups in total. The van der Waals surface area contributed by atoms with E-state index in [9.17, 15) is 15.0 Å². The van der Waals surface area contributed by atoms with Gasteiger partial charge in [0.25, 0.3) is 5.97 Å². The van der Waals surface area contributed by atoms with Gasteiger partial charge in [-0.3, -0.25) is 9.80 Å². The van der Waals surface area contributed by atoms with Crippen LogP contribution in [-0.2, 0) is 14.2 Å². The lowest BCUT2D eigenvalue weighted by molar-refractivity contribution is -0.342. The average Bonchev–Trinajstić information content (AvgIpc) is 2.58. The van der Waals surface area contributed by atoms with Crippen molar-refractivity contribution < 1.29 is 29.2 Å². The van der Waals surface area contributed by atoms with E-state index < -0.39 is 12.0 Å². The van der Waals surface area contributed by atoms with E-state index in [1.54, 1.807) is 6.92 Å². The molecule has 0 bridgehead atoms. The molecule has 1 aliphatic heterocycles. The zero-order chi connectivity index (χ0) is 14.5. The highest BCUT2D eigenvalue weighted by Gasteiger charge is 2.41. The van der Waals surface area contributed by atoms with Gasteiger partial charge in [-0.2, -0.15) is 0 Å². The SMILES string of the molecule is CCOC(O)(O)CC1CN(COC)C(=O)N1COC. The second-order valence-electron chi connectivity index (χ2n) is 4.34. The number of rotatable bonds is 8. The molecule has 1 atom stereocenters. The van der Waals surface area contributed by atoms with Crippen LogP contribution in [0, 0.1) is 0 Å². The molecule has 0 saturated carbocycles. The van der Waals surface area contributed by atoms with Gasteiger partial charge in [0, 0.05) is 27.4 Å². The van der Waals surface area contributed by atoms with Gasteiger partial charge in [-0.15, -0.1) is 0 Å². The van der Waals surface area contributed by atoms with E-state index in [0.717, 1.165) is 0 Å². The molecule has 8 heteroatoms. The van der Waals surface area contributed by atoms with E-state index in [-0.39, 0.29) is 32.5 Å². The Bertz CT molecular complexity index is 299. The molecule has 1 unspecified atom stereocenters. The maximum atomic E-state index is 12.0. The molecule has 112 valence electrons. The number of carbonyl (C=O) groups excluding carboxylic acids is 1. The van der Waals surface area contributed by atoms with Gasteiger partial charge in [-0.05, 0) is 6.92 Å². The van der Waals surface area contributed by atoms with Crippen LogP contribution in [0.15, 0.2) is 0 Å². The van der Waals surface area contributed by atoms with Crippen LogP contribution in [0.25, 0.3) is 0 Å². The second kappa shape index (κ2) is 7.01. The Kier molecular flexibility index (Phi) is 5.95. The highest BCUT2D eigenvalue weighted by Crippen LogP contribution is 2.23. The number of aliphatic hydroxyl groups is 2. The lowest BCUT2D eigenvalue weighted by Crippen LogP contribution is -2.43. The minimum Gasteiger partial charge on any atom is -0.364 e. The quantitative estimate of drug-likeness (QED) is 0.574. The number of nitrogens with zero attached hydrogens (tertiary/aromatic N) is 2. The average molecular weight is 278 g/mol. The zero-order valence-corrected chi connectivity index (χ0v) is 11.5. The molecule has 0 aromatic carbocycles. The van der Waals surface area contributed by atoms with Crippen LogP contribution in [0.4, 0.5) is 4.79 Å². The van der Waals surface area contributed by atoms with E-state index in [0.29, 0.717) is 6.54 Å². The first-order valence-electron chi connectivity index (χ1n) is 6.07. The molecule has 1 heterocycles. The van der Waals surface area contributed by atoms with E-state index in [4.69, 9.17) is 14.2 Å². The third-order valence-corrected chi connectivity index (χ3v) is 2.82. The minimum atomic E-state index is -2.26. The monoisotopic (exact) mass is 278 g/mol. The normalized spacial score (nSPS) is 20.5. The topological polar surface area (TPSA) is 91.7 Å². The number of hydrogen-bond acceptors (Lipinski definition) is 6. The Balaban J connectivity index is 2.71. The van der Waals surface area contributed by atoms with Crippen LogP contribution in [0.1, 0.15) is 13.3 Å².